The Bertz CT molecular complexity index is 807. The van der Waals surface area contributed by atoms with Crippen molar-refractivity contribution in [2.24, 2.45) is 0 Å². The zero-order valence-corrected chi connectivity index (χ0v) is 14.0. The molecule has 2 aromatic rings. The average molecular weight is 334 g/mol. The molecule has 0 fully saturated rings. The lowest BCUT2D eigenvalue weighted by molar-refractivity contribution is -0.131. The molecule has 0 bridgehead atoms. The Morgan fingerprint density at radius 3 is 2.17 bits per heavy atom. The Kier molecular flexibility index (Phi) is 5.05. The SMILES string of the molecule is CCOc1ccc(S(=O)(=O)c2ccc(OC(C)=O)c(C)c2)cc1. The van der Waals surface area contributed by atoms with Gasteiger partial charge in [0.1, 0.15) is 11.5 Å². The van der Waals surface area contributed by atoms with Gasteiger partial charge in [-0.05, 0) is 61.9 Å². The molecule has 0 radical (unpaired) electrons. The molecule has 5 nitrogen and oxygen atoms in total. The number of benzene rings is 2. The Balaban J connectivity index is 2.35. The van der Waals surface area contributed by atoms with Crippen LogP contribution in [0.4, 0.5) is 0 Å². The highest BCUT2D eigenvalue weighted by atomic mass is 32.2. The first-order valence-electron chi connectivity index (χ1n) is 7.11. The van der Waals surface area contributed by atoms with E-state index in [4.69, 9.17) is 9.47 Å². The van der Waals surface area contributed by atoms with Gasteiger partial charge in [0.2, 0.25) is 9.84 Å². The molecule has 0 atom stereocenters. The first-order valence-corrected chi connectivity index (χ1v) is 8.60. The van der Waals surface area contributed by atoms with Gasteiger partial charge in [-0.15, -0.1) is 0 Å². The van der Waals surface area contributed by atoms with Crippen LogP contribution >= 0.6 is 0 Å². The van der Waals surface area contributed by atoms with Gasteiger partial charge in [0.05, 0.1) is 16.4 Å². The minimum Gasteiger partial charge on any atom is -0.494 e. The summed E-state index contributed by atoms with van der Waals surface area (Å²) in [6, 6.07) is 10.7. The second-order valence-electron chi connectivity index (χ2n) is 4.93. The molecular formula is C17H18O5S. The summed E-state index contributed by atoms with van der Waals surface area (Å²) in [5, 5.41) is 0. The molecule has 23 heavy (non-hydrogen) atoms. The second kappa shape index (κ2) is 6.83. The normalized spacial score (nSPS) is 11.1. The van der Waals surface area contributed by atoms with Crippen LogP contribution < -0.4 is 9.47 Å². The number of carbonyl (C=O) groups excluding carboxylic acids is 1. The van der Waals surface area contributed by atoms with Gasteiger partial charge >= 0.3 is 5.97 Å². The van der Waals surface area contributed by atoms with Crippen LogP contribution in [0, 0.1) is 6.92 Å². The molecule has 0 saturated heterocycles. The van der Waals surface area contributed by atoms with Crippen molar-refractivity contribution in [1.29, 1.82) is 0 Å². The number of hydrogen-bond acceptors (Lipinski definition) is 5. The molecule has 0 unspecified atom stereocenters. The molecule has 0 heterocycles. The summed E-state index contributed by atoms with van der Waals surface area (Å²) in [5.41, 5.74) is 0.576. The number of ether oxygens (including phenoxy) is 2. The van der Waals surface area contributed by atoms with E-state index in [1.165, 1.54) is 37.3 Å². The largest absolute Gasteiger partial charge is 0.494 e. The predicted molar refractivity (Wildman–Crippen MR) is 85.6 cm³/mol. The minimum absolute atomic E-state index is 0.148. The van der Waals surface area contributed by atoms with Crippen molar-refractivity contribution < 1.29 is 22.7 Å². The van der Waals surface area contributed by atoms with Crippen LogP contribution in [0.3, 0.4) is 0 Å². The van der Waals surface area contributed by atoms with Gasteiger partial charge in [-0.25, -0.2) is 8.42 Å². The lowest BCUT2D eigenvalue weighted by Crippen LogP contribution is -2.05. The van der Waals surface area contributed by atoms with Gasteiger partial charge in [-0.1, -0.05) is 0 Å². The molecule has 0 N–H and O–H groups in total. The van der Waals surface area contributed by atoms with Gasteiger partial charge in [-0.3, -0.25) is 4.79 Å². The van der Waals surface area contributed by atoms with Crippen LogP contribution in [0.2, 0.25) is 0 Å². The predicted octanol–water partition coefficient (Wildman–Crippen LogP) is 3.15. The number of carbonyl (C=O) groups is 1. The minimum atomic E-state index is -3.63. The molecule has 122 valence electrons. The molecule has 2 aromatic carbocycles. The van der Waals surface area contributed by atoms with Crippen molar-refractivity contribution in [1.82, 2.24) is 0 Å². The highest BCUT2D eigenvalue weighted by Crippen LogP contribution is 2.27. The number of aryl methyl sites for hydroxylation is 1. The van der Waals surface area contributed by atoms with E-state index in [-0.39, 0.29) is 9.79 Å². The van der Waals surface area contributed by atoms with Crippen LogP contribution in [0.15, 0.2) is 52.3 Å². The molecule has 0 aliphatic carbocycles. The Morgan fingerprint density at radius 1 is 1.04 bits per heavy atom. The third-order valence-electron chi connectivity index (χ3n) is 3.16. The molecule has 0 spiro atoms. The van der Waals surface area contributed by atoms with Crippen LogP contribution in [0.5, 0.6) is 11.5 Å². The van der Waals surface area contributed by atoms with Gasteiger partial charge in [0, 0.05) is 6.92 Å². The third kappa shape index (κ3) is 3.90. The van der Waals surface area contributed by atoms with Gasteiger partial charge in [-0.2, -0.15) is 0 Å². The summed E-state index contributed by atoms with van der Waals surface area (Å²) in [6.45, 7) is 5.36. The van der Waals surface area contributed by atoms with Crippen LogP contribution in [0.25, 0.3) is 0 Å². The molecule has 6 heteroatoms. The maximum Gasteiger partial charge on any atom is 0.308 e. The van der Waals surface area contributed by atoms with E-state index >= 15 is 0 Å². The third-order valence-corrected chi connectivity index (χ3v) is 4.92. The maximum absolute atomic E-state index is 12.6. The molecule has 0 saturated carbocycles. The van der Waals surface area contributed by atoms with Gasteiger partial charge in [0.15, 0.2) is 0 Å². The zero-order valence-electron chi connectivity index (χ0n) is 13.2. The van der Waals surface area contributed by atoms with E-state index in [2.05, 4.69) is 0 Å². The van der Waals surface area contributed by atoms with Crippen molar-refractivity contribution in [2.45, 2.75) is 30.6 Å². The first kappa shape index (κ1) is 17.0. The summed E-state index contributed by atoms with van der Waals surface area (Å²) < 4.78 is 35.6. The van der Waals surface area contributed by atoms with Crippen LogP contribution in [0.1, 0.15) is 19.4 Å². The number of rotatable bonds is 5. The van der Waals surface area contributed by atoms with Crippen LogP contribution in [-0.4, -0.2) is 21.0 Å². The van der Waals surface area contributed by atoms with Gasteiger partial charge < -0.3 is 9.47 Å². The summed E-state index contributed by atoms with van der Waals surface area (Å²) >= 11 is 0. The molecule has 0 aromatic heterocycles. The number of hydrogen-bond donors (Lipinski definition) is 0. The molecular weight excluding hydrogens is 316 g/mol. The van der Waals surface area contributed by atoms with Crippen molar-refractivity contribution in [3.8, 4) is 11.5 Å². The molecule has 0 amide bonds. The first-order chi connectivity index (χ1) is 10.8. The fourth-order valence-electron chi connectivity index (χ4n) is 2.08. The lowest BCUT2D eigenvalue weighted by Gasteiger charge is -2.10. The summed E-state index contributed by atoms with van der Waals surface area (Å²) in [4.78, 5) is 11.3. The number of esters is 1. The van der Waals surface area contributed by atoms with E-state index in [0.717, 1.165) is 0 Å². The molecule has 0 aliphatic heterocycles. The van der Waals surface area contributed by atoms with Crippen molar-refractivity contribution in [3.05, 3.63) is 48.0 Å². The standard InChI is InChI=1S/C17H18O5S/c1-4-21-14-5-7-15(8-6-14)23(19,20)16-9-10-17(12(2)11-16)22-13(3)18/h5-11H,4H2,1-3H3. The van der Waals surface area contributed by atoms with E-state index in [9.17, 15) is 13.2 Å². The highest BCUT2D eigenvalue weighted by molar-refractivity contribution is 7.91. The smallest absolute Gasteiger partial charge is 0.308 e. The van der Waals surface area contributed by atoms with Crippen molar-refractivity contribution in [3.63, 3.8) is 0 Å². The average Bonchev–Trinajstić information content (AvgIpc) is 2.49. The summed E-state index contributed by atoms with van der Waals surface area (Å²) in [6.07, 6.45) is 0. The van der Waals surface area contributed by atoms with Crippen molar-refractivity contribution >= 4 is 15.8 Å². The van der Waals surface area contributed by atoms with Gasteiger partial charge in [0.25, 0.3) is 0 Å². The Labute approximate surface area is 135 Å². The Hall–Kier alpha value is -2.34. The van der Waals surface area contributed by atoms with E-state index in [0.29, 0.717) is 23.7 Å². The fraction of sp³-hybridized carbons (Fsp3) is 0.235. The van der Waals surface area contributed by atoms with E-state index in [1.807, 2.05) is 6.92 Å². The molecule has 2 rings (SSSR count). The van der Waals surface area contributed by atoms with Crippen molar-refractivity contribution in [2.75, 3.05) is 6.61 Å². The van der Waals surface area contributed by atoms with E-state index < -0.39 is 15.8 Å². The zero-order chi connectivity index (χ0) is 17.0. The highest BCUT2D eigenvalue weighted by Gasteiger charge is 2.19. The summed E-state index contributed by atoms with van der Waals surface area (Å²) in [5.74, 6) is 0.520. The summed E-state index contributed by atoms with van der Waals surface area (Å²) in [7, 11) is -3.63. The maximum atomic E-state index is 12.6. The van der Waals surface area contributed by atoms with E-state index in [1.54, 1.807) is 19.1 Å². The van der Waals surface area contributed by atoms with Crippen LogP contribution in [-0.2, 0) is 14.6 Å². The lowest BCUT2D eigenvalue weighted by atomic mass is 10.2. The Morgan fingerprint density at radius 2 is 1.65 bits per heavy atom. The fourth-order valence-corrected chi connectivity index (χ4v) is 3.42. The quantitative estimate of drug-likeness (QED) is 0.620. The second-order valence-corrected chi connectivity index (χ2v) is 6.88. The molecule has 0 aliphatic rings. The number of sulfone groups is 1. The monoisotopic (exact) mass is 334 g/mol. The topological polar surface area (TPSA) is 69.7 Å².